The quantitative estimate of drug-likeness (QED) is 0.127. The first kappa shape index (κ1) is 47.5. The molecule has 0 aliphatic carbocycles. The summed E-state index contributed by atoms with van der Waals surface area (Å²) < 4.78 is 41.6. The second-order valence-corrected chi connectivity index (χ2v) is 21.5. The van der Waals surface area contributed by atoms with Gasteiger partial charge in [-0.2, -0.15) is 0 Å². The Labute approximate surface area is 517 Å². The molecule has 4 aromatic heterocycles. The Morgan fingerprint density at radius 2 is 0.693 bits per heavy atom. The maximum absolute atomic E-state index is 8.55. The molecule has 16 rings (SSSR count). The molecule has 0 bridgehead atoms. The lowest BCUT2D eigenvalue weighted by Gasteiger charge is -2.15. The molecule has 0 fully saturated rings. The molecule has 88 heavy (non-hydrogen) atoms. The topological polar surface area (TPSA) is 77.3 Å². The van der Waals surface area contributed by atoms with Crippen LogP contribution in [0.1, 0.15) is 6.85 Å². The van der Waals surface area contributed by atoms with Crippen LogP contribution in [0.2, 0.25) is 0 Å². The van der Waals surface area contributed by atoms with Gasteiger partial charge in [-0.05, 0) is 136 Å². The molecule has 12 aromatic carbocycles. The maximum Gasteiger partial charge on any atom is 0.159 e. The summed E-state index contributed by atoms with van der Waals surface area (Å²) in [6.07, 6.45) is 10.9. The van der Waals surface area contributed by atoms with E-state index in [2.05, 4.69) is 209 Å². The van der Waals surface area contributed by atoms with Gasteiger partial charge in [0, 0.05) is 81.7 Å². The molecule has 0 radical (unpaired) electrons. The summed E-state index contributed by atoms with van der Waals surface area (Å²) in [5.41, 5.74) is 16.5. The molecule has 0 saturated heterocycles. The van der Waals surface area contributed by atoms with Crippen LogP contribution in [-0.2, 0) is 0 Å². The van der Waals surface area contributed by atoms with Gasteiger partial charge in [-0.3, -0.25) is 9.97 Å². The third-order valence-electron chi connectivity index (χ3n) is 16.1. The van der Waals surface area contributed by atoms with Gasteiger partial charge in [0.2, 0.25) is 0 Å². The molecule has 0 spiro atoms. The van der Waals surface area contributed by atoms with Gasteiger partial charge in [-0.1, -0.05) is 243 Å². The second kappa shape index (κ2) is 23.7. The standard InChI is InChI=1S/C45H29N3.C37H25N3/c1-2-11-31-25-37(22-21-30(31)10-1)45-47-29-43(34-15-7-13-32(24-34)38-17-9-23-46-28-38)44(48-45)36-16-8-14-33(26-36)42-27-35-12-3-4-18-39(35)40-19-5-6-20-41(40)42;1-2-11-27(12-3-1)37-39-25-35(30-16-6-14-28(22-30)32-18-9-21-38-24-32)36(40-37)31-17-7-15-29(23-31)34-20-8-13-26-10-4-5-19-33(26)34/h1-29H;1-25H/i;1D,2D,3D,11D,12D. The maximum atomic E-state index is 8.55. The summed E-state index contributed by atoms with van der Waals surface area (Å²) in [7, 11) is 0. The van der Waals surface area contributed by atoms with Crippen molar-refractivity contribution >= 4 is 43.1 Å². The Morgan fingerprint density at radius 1 is 0.239 bits per heavy atom. The van der Waals surface area contributed by atoms with Crippen LogP contribution < -0.4 is 0 Å². The van der Waals surface area contributed by atoms with Crippen molar-refractivity contribution in [1.29, 1.82) is 0 Å². The molecule has 0 N–H and O–H groups in total. The van der Waals surface area contributed by atoms with Crippen LogP contribution in [0.3, 0.4) is 0 Å². The zero-order chi connectivity index (χ0) is 62.9. The van der Waals surface area contributed by atoms with E-state index >= 15 is 0 Å². The van der Waals surface area contributed by atoms with Crippen LogP contribution in [0, 0.1) is 0 Å². The number of benzene rings is 12. The first-order valence-corrected chi connectivity index (χ1v) is 29.1. The van der Waals surface area contributed by atoms with Crippen LogP contribution in [0.5, 0.6) is 0 Å². The Hall–Kier alpha value is -11.9. The van der Waals surface area contributed by atoms with E-state index in [1.54, 1.807) is 18.6 Å². The van der Waals surface area contributed by atoms with Crippen LogP contribution in [0.15, 0.2) is 328 Å². The number of hydrogen-bond acceptors (Lipinski definition) is 6. The smallest absolute Gasteiger partial charge is 0.159 e. The number of hydrogen-bond donors (Lipinski definition) is 0. The van der Waals surface area contributed by atoms with E-state index in [4.69, 9.17) is 21.8 Å². The van der Waals surface area contributed by atoms with Crippen molar-refractivity contribution in [1.82, 2.24) is 29.9 Å². The molecule has 0 aliphatic rings. The van der Waals surface area contributed by atoms with E-state index in [0.29, 0.717) is 11.5 Å². The highest BCUT2D eigenvalue weighted by atomic mass is 14.9. The lowest BCUT2D eigenvalue weighted by atomic mass is 9.91. The first-order valence-electron chi connectivity index (χ1n) is 31.6. The van der Waals surface area contributed by atoms with E-state index in [9.17, 15) is 0 Å². The molecule has 0 aliphatic heterocycles. The van der Waals surface area contributed by atoms with Crippen molar-refractivity contribution in [3.05, 3.63) is 328 Å². The third kappa shape index (κ3) is 10.6. The molecular formula is C82H54N6. The molecule has 0 unspecified atom stereocenters. The molecule has 16 aromatic rings. The average Bonchev–Trinajstić information content (AvgIpc) is 0.904. The first-order chi connectivity index (χ1) is 45.7. The molecular weight excluding hydrogens is 1070 g/mol. The van der Waals surface area contributed by atoms with E-state index in [0.717, 1.165) is 94.4 Å². The lowest BCUT2D eigenvalue weighted by Crippen LogP contribution is -1.97. The fraction of sp³-hybridized carbons (Fsp3) is 0. The average molecular weight is 1130 g/mol. The zero-order valence-electron chi connectivity index (χ0n) is 52.5. The Balaban J connectivity index is 0.000000154. The van der Waals surface area contributed by atoms with Gasteiger partial charge in [-0.15, -0.1) is 0 Å². The summed E-state index contributed by atoms with van der Waals surface area (Å²) >= 11 is 0. The van der Waals surface area contributed by atoms with Crippen molar-refractivity contribution in [2.75, 3.05) is 0 Å². The van der Waals surface area contributed by atoms with Crippen molar-refractivity contribution in [3.63, 3.8) is 0 Å². The van der Waals surface area contributed by atoms with E-state index in [1.165, 1.54) is 37.9 Å². The highest BCUT2D eigenvalue weighted by molar-refractivity contribution is 6.14. The van der Waals surface area contributed by atoms with E-state index in [1.807, 2.05) is 85.3 Å². The number of aromatic nitrogens is 6. The molecule has 0 saturated carbocycles. The monoisotopic (exact) mass is 1130 g/mol. The molecule has 6 nitrogen and oxygen atoms in total. The van der Waals surface area contributed by atoms with Gasteiger partial charge in [0.1, 0.15) is 0 Å². The van der Waals surface area contributed by atoms with Crippen molar-refractivity contribution in [2.24, 2.45) is 0 Å². The largest absolute Gasteiger partial charge is 0.264 e. The van der Waals surface area contributed by atoms with Gasteiger partial charge in [0.05, 0.1) is 18.2 Å². The number of nitrogens with zero attached hydrogens (tertiary/aromatic N) is 6. The summed E-state index contributed by atoms with van der Waals surface area (Å²) in [5, 5.41) is 9.61. The van der Waals surface area contributed by atoms with Crippen molar-refractivity contribution in [2.45, 2.75) is 0 Å². The Kier molecular flexibility index (Phi) is 12.8. The van der Waals surface area contributed by atoms with Crippen molar-refractivity contribution in [3.8, 4) is 112 Å². The van der Waals surface area contributed by atoms with Gasteiger partial charge in [0.15, 0.2) is 11.6 Å². The van der Waals surface area contributed by atoms with Crippen LogP contribution in [0.4, 0.5) is 0 Å². The van der Waals surface area contributed by atoms with Gasteiger partial charge in [0.25, 0.3) is 0 Å². The van der Waals surface area contributed by atoms with Gasteiger partial charge in [-0.25, -0.2) is 19.9 Å². The summed E-state index contributed by atoms with van der Waals surface area (Å²) in [6.45, 7) is 0. The van der Waals surface area contributed by atoms with Crippen molar-refractivity contribution < 1.29 is 6.85 Å². The van der Waals surface area contributed by atoms with Crippen LogP contribution in [0.25, 0.3) is 155 Å². The van der Waals surface area contributed by atoms with Crippen LogP contribution >= 0.6 is 0 Å². The predicted molar refractivity (Wildman–Crippen MR) is 364 cm³/mol. The molecule has 6 heteroatoms. The number of pyridine rings is 2. The highest BCUT2D eigenvalue weighted by Gasteiger charge is 2.19. The summed E-state index contributed by atoms with van der Waals surface area (Å²) in [4.78, 5) is 28.4. The zero-order valence-corrected chi connectivity index (χ0v) is 47.5. The predicted octanol–water partition coefficient (Wildman–Crippen LogP) is 21.0. The fourth-order valence-corrected chi connectivity index (χ4v) is 11.8. The lowest BCUT2D eigenvalue weighted by molar-refractivity contribution is 1.18. The number of rotatable bonds is 10. The van der Waals surface area contributed by atoms with E-state index < -0.39 is 18.1 Å². The summed E-state index contributed by atoms with van der Waals surface area (Å²) in [5.74, 6) is 0.759. The third-order valence-corrected chi connectivity index (χ3v) is 16.1. The fourth-order valence-electron chi connectivity index (χ4n) is 11.8. The number of fused-ring (bicyclic) bond motifs is 5. The minimum absolute atomic E-state index is 0.0388. The second-order valence-electron chi connectivity index (χ2n) is 21.5. The molecule has 0 atom stereocenters. The van der Waals surface area contributed by atoms with Gasteiger partial charge >= 0.3 is 0 Å². The molecule has 412 valence electrons. The van der Waals surface area contributed by atoms with E-state index in [-0.39, 0.29) is 23.5 Å². The normalized spacial score (nSPS) is 12.0. The van der Waals surface area contributed by atoms with Gasteiger partial charge < -0.3 is 0 Å². The SMILES string of the molecule is [2H]c1c([2H])c([2H])c(-c2ncc(-c3cccc(-c4cccnc4)c3)c(-c3cccc(-c4cccc5ccccc45)c3)n2)c([2H])c1[2H].c1cncc(-c2cccc(-c3cnc(-c4ccc5ccccc5c4)nc3-c3cccc(-c4cc5ccccc5c5ccccc45)c3)c2)c1. The summed E-state index contributed by atoms with van der Waals surface area (Å²) in [6, 6.07) is 88.3. The molecule has 4 heterocycles. The highest BCUT2D eigenvalue weighted by Crippen LogP contribution is 2.41. The molecule has 0 amide bonds. The minimum atomic E-state index is -0.458. The Morgan fingerprint density at radius 3 is 1.31 bits per heavy atom. The minimum Gasteiger partial charge on any atom is -0.264 e. The van der Waals surface area contributed by atoms with Crippen LogP contribution in [-0.4, -0.2) is 29.9 Å². The Bertz CT molecular complexity index is 5520.